The molecule has 5 atom stereocenters. The van der Waals surface area contributed by atoms with Crippen LogP contribution < -0.4 is 0 Å². The maximum atomic E-state index is 12.2. The first kappa shape index (κ1) is 18.3. The molecule has 1 saturated heterocycles. The van der Waals surface area contributed by atoms with Gasteiger partial charge in [-0.3, -0.25) is 14.4 Å². The Morgan fingerprint density at radius 2 is 1.80 bits per heavy atom. The number of esters is 3. The topological polar surface area (TPSA) is 78.9 Å². The van der Waals surface area contributed by atoms with Crippen molar-refractivity contribution in [1.29, 1.82) is 0 Å². The number of hydrogen-bond donors (Lipinski definition) is 0. The molecule has 1 aliphatic heterocycles. The largest absolute Gasteiger partial charge is 0.431 e. The number of hydrogen-bond acceptors (Lipinski definition) is 6. The quantitative estimate of drug-likeness (QED) is 0.434. The third-order valence-corrected chi connectivity index (χ3v) is 10.6. The Morgan fingerprint density at radius 1 is 1.20 bits per heavy atom. The highest BCUT2D eigenvalue weighted by Crippen LogP contribution is 2.54. The summed E-state index contributed by atoms with van der Waals surface area (Å²) in [4.78, 5) is 35.8. The third kappa shape index (κ3) is 2.97. The Hall–Kier alpha value is -1.47. The van der Waals surface area contributed by atoms with E-state index in [0.717, 1.165) is 0 Å². The zero-order chi connectivity index (χ0) is 18.7. The molecule has 138 valence electrons. The fraction of sp³-hybridized carbons (Fsp3) is 0.722. The van der Waals surface area contributed by atoms with Crippen molar-refractivity contribution in [2.45, 2.75) is 58.4 Å². The molecule has 7 heteroatoms. The van der Waals surface area contributed by atoms with Gasteiger partial charge in [0, 0.05) is 18.8 Å². The predicted molar refractivity (Wildman–Crippen MR) is 91.6 cm³/mol. The van der Waals surface area contributed by atoms with Gasteiger partial charge in [0.2, 0.25) is 0 Å². The van der Waals surface area contributed by atoms with Gasteiger partial charge in [-0.2, -0.15) is 0 Å². The number of fused-ring (bicyclic) bond motifs is 1. The van der Waals surface area contributed by atoms with Crippen LogP contribution in [0.15, 0.2) is 11.8 Å². The van der Waals surface area contributed by atoms with E-state index in [1.165, 1.54) is 6.92 Å². The maximum Gasteiger partial charge on any atom is 0.318 e. The van der Waals surface area contributed by atoms with Gasteiger partial charge in [-0.15, -0.1) is 0 Å². The molecule has 6 nitrogen and oxygen atoms in total. The van der Waals surface area contributed by atoms with Crippen LogP contribution in [0.4, 0.5) is 0 Å². The van der Waals surface area contributed by atoms with Gasteiger partial charge >= 0.3 is 17.9 Å². The summed E-state index contributed by atoms with van der Waals surface area (Å²) in [5.74, 6) is -2.64. The highest BCUT2D eigenvalue weighted by Gasteiger charge is 2.62. The summed E-state index contributed by atoms with van der Waals surface area (Å²) >= 11 is 0. The van der Waals surface area contributed by atoms with Gasteiger partial charge in [0.1, 0.15) is 5.76 Å². The van der Waals surface area contributed by atoms with Crippen molar-refractivity contribution >= 4 is 26.2 Å². The molecule has 4 rings (SSSR count). The van der Waals surface area contributed by atoms with E-state index < -0.39 is 38.1 Å². The molecule has 0 unspecified atom stereocenters. The first-order chi connectivity index (χ1) is 11.4. The van der Waals surface area contributed by atoms with Crippen LogP contribution in [0.3, 0.4) is 0 Å². The van der Waals surface area contributed by atoms with Crippen molar-refractivity contribution in [3.63, 3.8) is 0 Å². The lowest BCUT2D eigenvalue weighted by Gasteiger charge is -2.49. The minimum Gasteiger partial charge on any atom is -0.431 e. The van der Waals surface area contributed by atoms with E-state index in [0.29, 0.717) is 12.2 Å². The molecule has 1 heterocycles. The van der Waals surface area contributed by atoms with Gasteiger partial charge in [-0.05, 0) is 30.6 Å². The van der Waals surface area contributed by atoms with Crippen LogP contribution in [0.25, 0.3) is 0 Å². The summed E-state index contributed by atoms with van der Waals surface area (Å²) < 4.78 is 16.8. The van der Waals surface area contributed by atoms with E-state index in [9.17, 15) is 14.4 Å². The van der Waals surface area contributed by atoms with E-state index in [1.807, 2.05) is 6.08 Å². The van der Waals surface area contributed by atoms with Crippen LogP contribution in [0.5, 0.6) is 0 Å². The van der Waals surface area contributed by atoms with Crippen molar-refractivity contribution in [2.75, 3.05) is 0 Å². The van der Waals surface area contributed by atoms with E-state index in [-0.39, 0.29) is 23.0 Å². The number of carbonyl (C=O) groups excluding carboxylic acids is 3. The highest BCUT2D eigenvalue weighted by molar-refractivity contribution is 6.74. The lowest BCUT2D eigenvalue weighted by Crippen LogP contribution is -2.54. The Labute approximate surface area is 149 Å². The second kappa shape index (κ2) is 5.77. The van der Waals surface area contributed by atoms with Gasteiger partial charge in [0.05, 0.1) is 17.9 Å². The zero-order valence-electron chi connectivity index (χ0n) is 15.6. The van der Waals surface area contributed by atoms with Gasteiger partial charge in [0.25, 0.3) is 0 Å². The minimum atomic E-state index is -2.04. The van der Waals surface area contributed by atoms with Gasteiger partial charge in [-0.1, -0.05) is 20.8 Å². The molecular formula is C18H26O6Si. The smallest absolute Gasteiger partial charge is 0.318 e. The standard InChI is InChI=1S/C18H26O6Si/c1-9(19)22-12-7-11-13(24-25(5,6)18(2,3)4)8-10(12)14-15(11)17(21)23-16(14)20/h7,10-11,13-15H,8H2,1-6H3/t10-,11-,13+,14+,15-/m0/s1. The molecule has 1 saturated carbocycles. The van der Waals surface area contributed by atoms with Crippen molar-refractivity contribution < 1.29 is 28.3 Å². The first-order valence-corrected chi connectivity index (χ1v) is 11.7. The molecule has 0 spiro atoms. The maximum absolute atomic E-state index is 12.2. The summed E-state index contributed by atoms with van der Waals surface area (Å²) in [6.07, 6.45) is 2.22. The Bertz CT molecular complexity index is 659. The molecule has 25 heavy (non-hydrogen) atoms. The Morgan fingerprint density at radius 3 is 2.36 bits per heavy atom. The molecule has 2 bridgehead atoms. The van der Waals surface area contributed by atoms with Crippen LogP contribution in [0.2, 0.25) is 18.1 Å². The molecule has 0 aromatic rings. The monoisotopic (exact) mass is 366 g/mol. The van der Waals surface area contributed by atoms with Gasteiger partial charge in [-0.25, -0.2) is 0 Å². The van der Waals surface area contributed by atoms with Crippen molar-refractivity contribution in [1.82, 2.24) is 0 Å². The van der Waals surface area contributed by atoms with Gasteiger partial charge < -0.3 is 13.9 Å². The molecule has 0 amide bonds. The van der Waals surface area contributed by atoms with Crippen LogP contribution >= 0.6 is 0 Å². The van der Waals surface area contributed by atoms with Crippen molar-refractivity contribution in [2.24, 2.45) is 23.7 Å². The Kier molecular flexibility index (Phi) is 4.23. The predicted octanol–water partition coefficient (Wildman–Crippen LogP) is 2.79. The SMILES string of the molecule is CC(=O)OC1=C[C@@H]2[C@@H]3C(=O)OC(=O)[C@@H]3[C@H]1C[C@H]2O[Si](C)(C)C(C)(C)C. The zero-order valence-corrected chi connectivity index (χ0v) is 16.6. The summed E-state index contributed by atoms with van der Waals surface area (Å²) in [7, 11) is -2.04. The number of carbonyl (C=O) groups is 3. The average Bonchev–Trinajstić information content (AvgIpc) is 2.74. The third-order valence-electron chi connectivity index (χ3n) is 6.13. The molecular weight excluding hydrogens is 340 g/mol. The summed E-state index contributed by atoms with van der Waals surface area (Å²) in [5, 5.41) is 0.0392. The molecule has 0 radical (unpaired) electrons. The van der Waals surface area contributed by atoms with Crippen molar-refractivity contribution in [3.8, 4) is 0 Å². The second-order valence-corrected chi connectivity index (χ2v) is 13.5. The minimum absolute atomic E-state index is 0.0392. The fourth-order valence-electron chi connectivity index (χ4n) is 3.90. The van der Waals surface area contributed by atoms with E-state index in [1.54, 1.807) is 0 Å². The van der Waals surface area contributed by atoms with E-state index in [2.05, 4.69) is 33.9 Å². The molecule has 3 aliphatic carbocycles. The van der Waals surface area contributed by atoms with Crippen LogP contribution in [-0.2, 0) is 28.3 Å². The molecule has 4 aliphatic rings. The van der Waals surface area contributed by atoms with Crippen LogP contribution in [-0.4, -0.2) is 32.3 Å². The fourth-order valence-corrected chi connectivity index (χ4v) is 5.26. The molecule has 0 aromatic heterocycles. The Balaban J connectivity index is 1.93. The molecule has 2 fully saturated rings. The van der Waals surface area contributed by atoms with Crippen molar-refractivity contribution in [3.05, 3.63) is 11.8 Å². The summed E-state index contributed by atoms with van der Waals surface area (Å²) in [6, 6.07) is 0. The average molecular weight is 366 g/mol. The highest BCUT2D eigenvalue weighted by atomic mass is 28.4. The van der Waals surface area contributed by atoms with E-state index in [4.69, 9.17) is 13.9 Å². The summed E-state index contributed by atoms with van der Waals surface area (Å²) in [6.45, 7) is 12.2. The first-order valence-electron chi connectivity index (χ1n) is 8.76. The summed E-state index contributed by atoms with van der Waals surface area (Å²) in [5.41, 5.74) is 0. The van der Waals surface area contributed by atoms with Crippen LogP contribution in [0, 0.1) is 23.7 Å². The number of ether oxygens (including phenoxy) is 2. The lowest BCUT2D eigenvalue weighted by molar-refractivity contribution is -0.154. The van der Waals surface area contributed by atoms with Crippen LogP contribution in [0.1, 0.15) is 34.1 Å². The number of allylic oxidation sites excluding steroid dienone is 1. The normalized spacial score (nSPS) is 34.5. The second-order valence-electron chi connectivity index (χ2n) is 8.79. The number of rotatable bonds is 3. The number of cyclic esters (lactones) is 2. The molecule has 0 aromatic carbocycles. The lowest BCUT2D eigenvalue weighted by atomic mass is 9.61. The van der Waals surface area contributed by atoms with Gasteiger partial charge in [0.15, 0.2) is 8.32 Å². The molecule has 0 N–H and O–H groups in total. The van der Waals surface area contributed by atoms with E-state index >= 15 is 0 Å².